The zero-order chi connectivity index (χ0) is 11.0. The van der Waals surface area contributed by atoms with Crippen molar-refractivity contribution >= 4 is 27.5 Å². The van der Waals surface area contributed by atoms with Crippen molar-refractivity contribution in [3.05, 3.63) is 27.5 Å². The lowest BCUT2D eigenvalue weighted by atomic mass is 10.1. The molecule has 76 valence electrons. The summed E-state index contributed by atoms with van der Waals surface area (Å²) in [6, 6.07) is 0. The highest BCUT2D eigenvalue weighted by atomic mass is 79.9. The van der Waals surface area contributed by atoms with E-state index in [-0.39, 0.29) is 0 Å². The van der Waals surface area contributed by atoms with Gasteiger partial charge in [0.2, 0.25) is 0 Å². The van der Waals surface area contributed by atoms with Crippen LogP contribution in [-0.4, -0.2) is 5.91 Å². The van der Waals surface area contributed by atoms with Crippen LogP contribution in [0.5, 0.6) is 0 Å². The number of nitrogens with two attached hydrogens (primary N) is 2. The van der Waals surface area contributed by atoms with Crippen LogP contribution >= 0.6 is 15.9 Å². The molecule has 0 aliphatic carbocycles. The number of carbonyl (C=O) groups excluding carboxylic acids is 1. The molecule has 1 rings (SSSR count). The molecule has 0 unspecified atom stereocenters. The van der Waals surface area contributed by atoms with Gasteiger partial charge in [-0.25, -0.2) is 13.2 Å². The average Bonchev–Trinajstić information content (AvgIpc) is 2.11. The molecule has 3 nitrogen and oxygen atoms in total. The molecular weight excluding hydrogens is 265 g/mol. The fraction of sp³-hybridized carbons (Fsp3) is 0. The Morgan fingerprint density at radius 2 is 1.64 bits per heavy atom. The maximum atomic E-state index is 13.0. The van der Waals surface area contributed by atoms with Crippen molar-refractivity contribution in [3.63, 3.8) is 0 Å². The average molecular weight is 269 g/mol. The van der Waals surface area contributed by atoms with E-state index in [1.807, 2.05) is 0 Å². The van der Waals surface area contributed by atoms with Gasteiger partial charge in [-0.05, 0) is 15.9 Å². The largest absolute Gasteiger partial charge is 0.396 e. The van der Waals surface area contributed by atoms with Crippen LogP contribution in [-0.2, 0) is 0 Å². The van der Waals surface area contributed by atoms with Crippen molar-refractivity contribution in [2.45, 2.75) is 0 Å². The number of anilines is 1. The van der Waals surface area contributed by atoms with Crippen LogP contribution in [0.3, 0.4) is 0 Å². The summed E-state index contributed by atoms with van der Waals surface area (Å²) in [6.07, 6.45) is 0. The molecule has 0 atom stereocenters. The highest BCUT2D eigenvalue weighted by molar-refractivity contribution is 9.10. The van der Waals surface area contributed by atoms with Gasteiger partial charge in [0.05, 0.1) is 10.2 Å². The van der Waals surface area contributed by atoms with Crippen molar-refractivity contribution in [1.29, 1.82) is 0 Å². The standard InChI is InChI=1S/C7H4BrF3N2O/c8-2-4(10)3(9)1(7(13)14)6(12)5(2)11/h12H2,(H2,13,14). The number of nitrogen functional groups attached to an aromatic ring is 1. The molecule has 0 bridgehead atoms. The predicted molar refractivity (Wildman–Crippen MR) is 46.9 cm³/mol. The molecule has 0 saturated carbocycles. The first-order valence-electron chi connectivity index (χ1n) is 3.29. The molecule has 0 radical (unpaired) electrons. The number of rotatable bonds is 1. The SMILES string of the molecule is NC(=O)c1c(N)c(F)c(Br)c(F)c1F. The van der Waals surface area contributed by atoms with Gasteiger partial charge in [0.15, 0.2) is 17.5 Å². The fourth-order valence-electron chi connectivity index (χ4n) is 0.890. The lowest BCUT2D eigenvalue weighted by Crippen LogP contribution is -2.18. The van der Waals surface area contributed by atoms with Crippen LogP contribution in [0.25, 0.3) is 0 Å². The second-order valence-electron chi connectivity index (χ2n) is 2.41. The molecular formula is C7H4BrF3N2O. The first-order chi connectivity index (χ1) is 6.37. The normalized spacial score (nSPS) is 10.3. The summed E-state index contributed by atoms with van der Waals surface area (Å²) in [4.78, 5) is 10.6. The summed E-state index contributed by atoms with van der Waals surface area (Å²) < 4.78 is 38.1. The highest BCUT2D eigenvalue weighted by Gasteiger charge is 2.24. The summed E-state index contributed by atoms with van der Waals surface area (Å²) in [5, 5.41) is 0. The highest BCUT2D eigenvalue weighted by Crippen LogP contribution is 2.30. The van der Waals surface area contributed by atoms with Gasteiger partial charge in [0, 0.05) is 0 Å². The molecule has 0 spiro atoms. The second-order valence-corrected chi connectivity index (χ2v) is 3.20. The Balaban J connectivity index is 3.68. The topological polar surface area (TPSA) is 69.1 Å². The Morgan fingerprint density at radius 3 is 2.07 bits per heavy atom. The van der Waals surface area contributed by atoms with Crippen molar-refractivity contribution in [2.24, 2.45) is 5.73 Å². The van der Waals surface area contributed by atoms with E-state index in [4.69, 9.17) is 11.5 Å². The Morgan fingerprint density at radius 1 is 1.14 bits per heavy atom. The number of carbonyl (C=O) groups is 1. The third kappa shape index (κ3) is 1.43. The van der Waals surface area contributed by atoms with Gasteiger partial charge in [0.25, 0.3) is 5.91 Å². The zero-order valence-corrected chi connectivity index (χ0v) is 8.16. The third-order valence-corrected chi connectivity index (χ3v) is 2.25. The van der Waals surface area contributed by atoms with Crippen molar-refractivity contribution in [2.75, 3.05) is 5.73 Å². The van der Waals surface area contributed by atoms with E-state index in [0.717, 1.165) is 0 Å². The van der Waals surface area contributed by atoms with Gasteiger partial charge >= 0.3 is 0 Å². The molecule has 1 aromatic carbocycles. The summed E-state index contributed by atoms with van der Waals surface area (Å²) in [6.45, 7) is 0. The van der Waals surface area contributed by atoms with E-state index in [1.54, 1.807) is 0 Å². The minimum absolute atomic E-state index is 0.766. The molecule has 0 aromatic heterocycles. The van der Waals surface area contributed by atoms with Gasteiger partial charge in [-0.2, -0.15) is 0 Å². The smallest absolute Gasteiger partial charge is 0.254 e. The van der Waals surface area contributed by atoms with E-state index in [0.29, 0.717) is 0 Å². The van der Waals surface area contributed by atoms with E-state index >= 15 is 0 Å². The number of benzene rings is 1. The zero-order valence-electron chi connectivity index (χ0n) is 6.57. The summed E-state index contributed by atoms with van der Waals surface area (Å²) in [5.74, 6) is -5.68. The molecule has 7 heteroatoms. The molecule has 14 heavy (non-hydrogen) atoms. The number of halogens is 4. The third-order valence-electron chi connectivity index (χ3n) is 1.55. The molecule has 1 amide bonds. The minimum Gasteiger partial charge on any atom is -0.396 e. The monoisotopic (exact) mass is 268 g/mol. The lowest BCUT2D eigenvalue weighted by molar-refractivity contribution is 0.0996. The number of hydrogen-bond acceptors (Lipinski definition) is 2. The Kier molecular flexibility index (Phi) is 2.70. The molecule has 4 N–H and O–H groups in total. The lowest BCUT2D eigenvalue weighted by Gasteiger charge is -2.07. The van der Waals surface area contributed by atoms with Gasteiger partial charge in [-0.1, -0.05) is 0 Å². The maximum absolute atomic E-state index is 13.0. The Bertz CT molecular complexity index is 393. The van der Waals surface area contributed by atoms with Crippen molar-refractivity contribution in [1.82, 2.24) is 0 Å². The number of primary amides is 1. The Labute approximate surface area is 85.0 Å². The fourth-order valence-corrected chi connectivity index (χ4v) is 1.28. The molecule has 0 fully saturated rings. The molecule has 0 saturated heterocycles. The van der Waals surface area contributed by atoms with Crippen molar-refractivity contribution in [3.8, 4) is 0 Å². The van der Waals surface area contributed by atoms with Crippen molar-refractivity contribution < 1.29 is 18.0 Å². The summed E-state index contributed by atoms with van der Waals surface area (Å²) in [5.41, 5.74) is 7.94. The summed E-state index contributed by atoms with van der Waals surface area (Å²) >= 11 is 2.44. The van der Waals surface area contributed by atoms with Crippen LogP contribution in [0.15, 0.2) is 4.47 Å². The van der Waals surface area contributed by atoms with Crippen LogP contribution in [0.4, 0.5) is 18.9 Å². The predicted octanol–water partition coefficient (Wildman–Crippen LogP) is 1.55. The van der Waals surface area contributed by atoms with Gasteiger partial charge in [0.1, 0.15) is 5.56 Å². The molecule has 1 aromatic rings. The first kappa shape index (κ1) is 10.8. The van der Waals surface area contributed by atoms with Crippen LogP contribution in [0.1, 0.15) is 10.4 Å². The number of amides is 1. The van der Waals surface area contributed by atoms with Crippen LogP contribution in [0.2, 0.25) is 0 Å². The summed E-state index contributed by atoms with van der Waals surface area (Å²) in [7, 11) is 0. The second kappa shape index (κ2) is 3.49. The number of hydrogen-bond donors (Lipinski definition) is 2. The minimum atomic E-state index is -1.57. The van der Waals surface area contributed by atoms with E-state index < -0.39 is 39.1 Å². The first-order valence-corrected chi connectivity index (χ1v) is 4.08. The molecule has 0 aliphatic rings. The maximum Gasteiger partial charge on any atom is 0.254 e. The van der Waals surface area contributed by atoms with Crippen LogP contribution < -0.4 is 11.5 Å². The quantitative estimate of drug-likeness (QED) is 0.461. The van der Waals surface area contributed by atoms with E-state index in [9.17, 15) is 18.0 Å². The Hall–Kier alpha value is -1.24. The molecule has 0 aliphatic heterocycles. The van der Waals surface area contributed by atoms with E-state index in [2.05, 4.69) is 15.9 Å². The van der Waals surface area contributed by atoms with Crippen LogP contribution in [0, 0.1) is 17.5 Å². The van der Waals surface area contributed by atoms with Gasteiger partial charge in [-0.15, -0.1) is 0 Å². The molecule has 0 heterocycles. The van der Waals surface area contributed by atoms with Gasteiger partial charge < -0.3 is 11.5 Å². The van der Waals surface area contributed by atoms with E-state index in [1.165, 1.54) is 0 Å². The van der Waals surface area contributed by atoms with Gasteiger partial charge in [-0.3, -0.25) is 4.79 Å².